The van der Waals surface area contributed by atoms with Crippen LogP contribution in [-0.4, -0.2) is 54.9 Å². The molecule has 0 spiro atoms. The van der Waals surface area contributed by atoms with Crippen molar-refractivity contribution < 1.29 is 14.0 Å². The minimum atomic E-state index is -0.357. The van der Waals surface area contributed by atoms with Gasteiger partial charge in [0.05, 0.1) is 26.8 Å². The zero-order valence-corrected chi connectivity index (χ0v) is 10.5. The first-order valence-corrected chi connectivity index (χ1v) is 5.40. The minimum absolute atomic E-state index is 0.357. The summed E-state index contributed by atoms with van der Waals surface area (Å²) < 4.78 is 5.82. The SMILES string of the molecule is C[N+](C)(C)CCOC(=O)/C=C/c1cccnn1. The van der Waals surface area contributed by atoms with Crippen molar-refractivity contribution in [2.24, 2.45) is 0 Å². The monoisotopic (exact) mass is 236 g/mol. The summed E-state index contributed by atoms with van der Waals surface area (Å²) in [6.45, 7) is 1.19. The van der Waals surface area contributed by atoms with E-state index in [1.54, 1.807) is 24.4 Å². The Morgan fingerprint density at radius 2 is 2.24 bits per heavy atom. The zero-order valence-electron chi connectivity index (χ0n) is 10.5. The average molecular weight is 236 g/mol. The molecule has 0 aromatic carbocycles. The number of carbonyl (C=O) groups excluding carboxylic acids is 1. The summed E-state index contributed by atoms with van der Waals surface area (Å²) in [6.07, 6.45) is 4.53. The summed E-state index contributed by atoms with van der Waals surface area (Å²) in [7, 11) is 6.13. The van der Waals surface area contributed by atoms with Crippen LogP contribution in [-0.2, 0) is 9.53 Å². The Kier molecular flexibility index (Phi) is 4.78. The number of esters is 1. The lowest BCUT2D eigenvalue weighted by Gasteiger charge is -2.23. The van der Waals surface area contributed by atoms with Gasteiger partial charge >= 0.3 is 5.97 Å². The summed E-state index contributed by atoms with van der Waals surface area (Å²) in [5.41, 5.74) is 0.635. The number of aromatic nitrogens is 2. The highest BCUT2D eigenvalue weighted by atomic mass is 16.5. The summed E-state index contributed by atoms with van der Waals surface area (Å²) in [4.78, 5) is 11.3. The molecule has 0 amide bonds. The van der Waals surface area contributed by atoms with Crippen molar-refractivity contribution in [3.05, 3.63) is 30.1 Å². The van der Waals surface area contributed by atoms with E-state index in [1.807, 2.05) is 21.1 Å². The average Bonchev–Trinajstić information content (AvgIpc) is 2.26. The molecular weight excluding hydrogens is 218 g/mol. The number of ether oxygens (including phenoxy) is 1. The molecule has 1 rings (SSSR count). The summed E-state index contributed by atoms with van der Waals surface area (Å²) in [5.74, 6) is -0.357. The molecule has 0 unspecified atom stereocenters. The van der Waals surface area contributed by atoms with Crippen LogP contribution in [0.2, 0.25) is 0 Å². The van der Waals surface area contributed by atoms with Gasteiger partial charge in [0.1, 0.15) is 13.2 Å². The van der Waals surface area contributed by atoms with Crippen LogP contribution < -0.4 is 0 Å². The third-order valence-electron chi connectivity index (χ3n) is 1.99. The van der Waals surface area contributed by atoms with Gasteiger partial charge < -0.3 is 9.22 Å². The molecule has 5 nitrogen and oxygen atoms in total. The lowest BCUT2D eigenvalue weighted by molar-refractivity contribution is -0.870. The molecular formula is C12H18N3O2+. The van der Waals surface area contributed by atoms with E-state index in [9.17, 15) is 4.79 Å². The Morgan fingerprint density at radius 3 is 2.82 bits per heavy atom. The highest BCUT2D eigenvalue weighted by Crippen LogP contribution is 1.96. The molecule has 0 fully saturated rings. The molecule has 0 N–H and O–H groups in total. The standard InChI is InChI=1S/C12H18N3O2/c1-15(2,3)9-10-17-12(16)7-6-11-5-4-8-13-14-11/h4-8H,9-10H2,1-3H3/q+1/b7-6+. The van der Waals surface area contributed by atoms with Gasteiger partial charge in [-0.2, -0.15) is 10.2 Å². The molecule has 0 aliphatic rings. The predicted octanol–water partition coefficient (Wildman–Crippen LogP) is 0.739. The second-order valence-corrected chi connectivity index (χ2v) is 4.66. The predicted molar refractivity (Wildman–Crippen MR) is 64.9 cm³/mol. The van der Waals surface area contributed by atoms with E-state index in [-0.39, 0.29) is 5.97 Å². The quantitative estimate of drug-likeness (QED) is 0.430. The van der Waals surface area contributed by atoms with Crippen LogP contribution in [0.4, 0.5) is 0 Å². The molecule has 92 valence electrons. The van der Waals surface area contributed by atoms with Gasteiger partial charge in [-0.3, -0.25) is 0 Å². The summed E-state index contributed by atoms with van der Waals surface area (Å²) in [5, 5.41) is 7.52. The number of hydrogen-bond acceptors (Lipinski definition) is 4. The van der Waals surface area contributed by atoms with E-state index in [1.165, 1.54) is 6.08 Å². The Hall–Kier alpha value is -1.75. The van der Waals surface area contributed by atoms with Crippen molar-refractivity contribution in [1.82, 2.24) is 10.2 Å². The van der Waals surface area contributed by atoms with E-state index in [0.717, 1.165) is 11.0 Å². The first-order chi connectivity index (χ1) is 7.97. The maximum absolute atomic E-state index is 11.3. The minimum Gasteiger partial charge on any atom is -0.457 e. The summed E-state index contributed by atoms with van der Waals surface area (Å²) >= 11 is 0. The number of likely N-dealkylation sites (N-methyl/N-ethyl adjacent to an activating group) is 1. The number of rotatable bonds is 5. The molecule has 1 heterocycles. The highest BCUT2D eigenvalue weighted by molar-refractivity contribution is 5.86. The van der Waals surface area contributed by atoms with Gasteiger partial charge in [0.25, 0.3) is 0 Å². The Bertz CT molecular complexity index is 382. The molecule has 5 heteroatoms. The fraction of sp³-hybridized carbons (Fsp3) is 0.417. The Labute approximate surface area is 101 Å². The van der Waals surface area contributed by atoms with Crippen molar-refractivity contribution in [2.75, 3.05) is 34.3 Å². The molecule has 0 aliphatic heterocycles. The molecule has 0 atom stereocenters. The maximum atomic E-state index is 11.3. The van der Waals surface area contributed by atoms with Crippen molar-refractivity contribution in [3.63, 3.8) is 0 Å². The summed E-state index contributed by atoms with van der Waals surface area (Å²) in [6, 6.07) is 3.53. The molecule has 0 saturated heterocycles. The van der Waals surface area contributed by atoms with E-state index in [4.69, 9.17) is 4.74 Å². The van der Waals surface area contributed by atoms with E-state index in [0.29, 0.717) is 12.3 Å². The normalized spacial score (nSPS) is 11.7. The van der Waals surface area contributed by atoms with Gasteiger partial charge in [-0.1, -0.05) is 0 Å². The van der Waals surface area contributed by atoms with Gasteiger partial charge in [0.2, 0.25) is 0 Å². The Balaban J connectivity index is 2.33. The van der Waals surface area contributed by atoms with Crippen LogP contribution in [0.3, 0.4) is 0 Å². The van der Waals surface area contributed by atoms with Crippen molar-refractivity contribution >= 4 is 12.0 Å². The van der Waals surface area contributed by atoms with Gasteiger partial charge in [0.15, 0.2) is 0 Å². The van der Waals surface area contributed by atoms with Crippen molar-refractivity contribution in [2.45, 2.75) is 0 Å². The van der Waals surface area contributed by atoms with Gasteiger partial charge in [-0.15, -0.1) is 0 Å². The molecule has 1 aromatic rings. The number of hydrogen-bond donors (Lipinski definition) is 0. The fourth-order valence-electron chi connectivity index (χ4n) is 1.02. The van der Waals surface area contributed by atoms with Gasteiger partial charge in [-0.05, 0) is 18.2 Å². The molecule has 0 aliphatic carbocycles. The van der Waals surface area contributed by atoms with Crippen molar-refractivity contribution in [1.29, 1.82) is 0 Å². The highest BCUT2D eigenvalue weighted by Gasteiger charge is 2.07. The lowest BCUT2D eigenvalue weighted by Crippen LogP contribution is -2.37. The fourth-order valence-corrected chi connectivity index (χ4v) is 1.02. The number of quaternary nitrogens is 1. The third kappa shape index (κ3) is 6.42. The van der Waals surface area contributed by atoms with Gasteiger partial charge in [-0.25, -0.2) is 4.79 Å². The van der Waals surface area contributed by atoms with Crippen LogP contribution in [0.15, 0.2) is 24.4 Å². The molecule has 0 saturated carbocycles. The van der Waals surface area contributed by atoms with E-state index in [2.05, 4.69) is 10.2 Å². The largest absolute Gasteiger partial charge is 0.457 e. The second-order valence-electron chi connectivity index (χ2n) is 4.66. The van der Waals surface area contributed by atoms with Crippen LogP contribution >= 0.6 is 0 Å². The van der Waals surface area contributed by atoms with Gasteiger partial charge in [0, 0.05) is 12.3 Å². The van der Waals surface area contributed by atoms with E-state index < -0.39 is 0 Å². The van der Waals surface area contributed by atoms with Crippen molar-refractivity contribution in [3.8, 4) is 0 Å². The van der Waals surface area contributed by atoms with Crippen LogP contribution in [0, 0.1) is 0 Å². The molecule has 0 bridgehead atoms. The smallest absolute Gasteiger partial charge is 0.331 e. The third-order valence-corrected chi connectivity index (χ3v) is 1.99. The Morgan fingerprint density at radius 1 is 1.47 bits per heavy atom. The molecule has 0 radical (unpaired) electrons. The van der Waals surface area contributed by atoms with Crippen LogP contribution in [0.1, 0.15) is 5.69 Å². The second kappa shape index (κ2) is 6.10. The topological polar surface area (TPSA) is 52.1 Å². The lowest BCUT2D eigenvalue weighted by atomic mass is 10.3. The zero-order chi connectivity index (χ0) is 12.7. The van der Waals surface area contributed by atoms with E-state index >= 15 is 0 Å². The first-order valence-electron chi connectivity index (χ1n) is 5.40. The first kappa shape index (κ1) is 13.3. The molecule has 1 aromatic heterocycles. The van der Waals surface area contributed by atoms with Crippen LogP contribution in [0.5, 0.6) is 0 Å². The molecule has 17 heavy (non-hydrogen) atoms. The number of carbonyl (C=O) groups is 1. The number of nitrogens with zero attached hydrogens (tertiary/aromatic N) is 3. The maximum Gasteiger partial charge on any atom is 0.331 e. The van der Waals surface area contributed by atoms with Crippen LogP contribution in [0.25, 0.3) is 6.08 Å².